The number of nitrogens with one attached hydrogen (secondary N) is 1. The largest absolute Gasteiger partial charge is 0.490 e. The Labute approximate surface area is 145 Å². The summed E-state index contributed by atoms with van der Waals surface area (Å²) >= 11 is 0. The zero-order chi connectivity index (χ0) is 15.4. The van der Waals surface area contributed by atoms with Crippen LogP contribution in [-0.2, 0) is 5.41 Å². The van der Waals surface area contributed by atoms with Crippen molar-refractivity contribution in [3.63, 3.8) is 0 Å². The smallest absolute Gasteiger partial charge is 0.119 e. The maximum absolute atomic E-state index is 6.09. The van der Waals surface area contributed by atoms with Gasteiger partial charge in [-0.2, -0.15) is 0 Å². The molecule has 2 aromatic rings. The zero-order valence-corrected chi connectivity index (χ0v) is 14.7. The van der Waals surface area contributed by atoms with E-state index in [1.807, 2.05) is 0 Å². The average molecular weight is 332 g/mol. The Morgan fingerprint density at radius 1 is 0.870 bits per heavy atom. The molecule has 3 heteroatoms. The summed E-state index contributed by atoms with van der Waals surface area (Å²) in [5, 5.41) is 3.37. The summed E-state index contributed by atoms with van der Waals surface area (Å²) in [6.45, 7) is 6.66. The quantitative estimate of drug-likeness (QED) is 0.886. The number of rotatable bonds is 4. The minimum Gasteiger partial charge on any atom is -0.490 e. The van der Waals surface area contributed by atoms with Crippen molar-refractivity contribution >= 4 is 12.4 Å². The van der Waals surface area contributed by atoms with Crippen LogP contribution in [0, 0.1) is 0 Å². The van der Waals surface area contributed by atoms with Crippen molar-refractivity contribution in [2.24, 2.45) is 0 Å². The zero-order valence-electron chi connectivity index (χ0n) is 13.9. The number of halogens is 1. The lowest BCUT2D eigenvalue weighted by molar-refractivity contribution is 0.162. The second-order valence-electron chi connectivity index (χ2n) is 6.58. The van der Waals surface area contributed by atoms with Crippen LogP contribution in [0.5, 0.6) is 5.75 Å². The Balaban J connectivity index is 0.00000192. The molecule has 0 spiro atoms. The van der Waals surface area contributed by atoms with E-state index >= 15 is 0 Å². The minimum atomic E-state index is 0. The summed E-state index contributed by atoms with van der Waals surface area (Å²) in [6.07, 6.45) is 2.54. The molecule has 3 rings (SSSR count). The standard InChI is InChI=1S/C20H25NO.ClH/c1-20(2,16-6-4-3-5-7-16)17-8-10-18(11-9-17)22-19-12-14-21-15-13-19;/h3-11,19,21H,12-15H2,1-2H3;1H. The normalized spacial score (nSPS) is 15.7. The van der Waals surface area contributed by atoms with Crippen LogP contribution < -0.4 is 10.1 Å². The highest BCUT2D eigenvalue weighted by atomic mass is 35.5. The highest BCUT2D eigenvalue weighted by molar-refractivity contribution is 5.85. The molecule has 0 radical (unpaired) electrons. The van der Waals surface area contributed by atoms with Gasteiger partial charge in [-0.25, -0.2) is 0 Å². The molecule has 124 valence electrons. The van der Waals surface area contributed by atoms with Crippen LogP contribution in [0.4, 0.5) is 0 Å². The fraction of sp³-hybridized carbons (Fsp3) is 0.400. The molecule has 0 bridgehead atoms. The molecular formula is C20H26ClNO. The number of hydrogen-bond acceptors (Lipinski definition) is 2. The molecule has 1 aliphatic heterocycles. The van der Waals surface area contributed by atoms with Gasteiger partial charge in [-0.3, -0.25) is 0 Å². The molecule has 0 saturated carbocycles. The molecule has 1 fully saturated rings. The first-order valence-electron chi connectivity index (χ1n) is 8.20. The summed E-state index contributed by atoms with van der Waals surface area (Å²) in [4.78, 5) is 0. The molecule has 23 heavy (non-hydrogen) atoms. The predicted molar refractivity (Wildman–Crippen MR) is 98.8 cm³/mol. The Morgan fingerprint density at radius 3 is 2.04 bits per heavy atom. The van der Waals surface area contributed by atoms with E-state index in [2.05, 4.69) is 73.8 Å². The fourth-order valence-electron chi connectivity index (χ4n) is 3.08. The Morgan fingerprint density at radius 2 is 1.43 bits per heavy atom. The molecule has 0 aliphatic carbocycles. The van der Waals surface area contributed by atoms with E-state index < -0.39 is 0 Å². The van der Waals surface area contributed by atoms with Gasteiger partial charge < -0.3 is 10.1 Å². The topological polar surface area (TPSA) is 21.3 Å². The third kappa shape index (κ3) is 4.27. The second-order valence-corrected chi connectivity index (χ2v) is 6.58. The minimum absolute atomic E-state index is 0. The van der Waals surface area contributed by atoms with Gasteiger partial charge in [0, 0.05) is 5.41 Å². The highest BCUT2D eigenvalue weighted by Crippen LogP contribution is 2.32. The van der Waals surface area contributed by atoms with Crippen LogP contribution in [0.15, 0.2) is 54.6 Å². The molecule has 1 heterocycles. The van der Waals surface area contributed by atoms with Gasteiger partial charge in [0.1, 0.15) is 11.9 Å². The van der Waals surface area contributed by atoms with E-state index in [1.54, 1.807) is 0 Å². The lowest BCUT2D eigenvalue weighted by atomic mass is 9.78. The molecule has 1 N–H and O–H groups in total. The maximum atomic E-state index is 6.09. The Kier molecular flexibility index (Phi) is 6.09. The van der Waals surface area contributed by atoms with E-state index in [0.29, 0.717) is 6.10 Å². The molecule has 0 aromatic heterocycles. The first-order valence-corrected chi connectivity index (χ1v) is 8.20. The highest BCUT2D eigenvalue weighted by Gasteiger charge is 2.23. The van der Waals surface area contributed by atoms with Gasteiger partial charge in [-0.1, -0.05) is 56.3 Å². The summed E-state index contributed by atoms with van der Waals surface area (Å²) < 4.78 is 6.09. The monoisotopic (exact) mass is 331 g/mol. The number of ether oxygens (including phenoxy) is 1. The van der Waals surface area contributed by atoms with E-state index in [4.69, 9.17) is 4.74 Å². The van der Waals surface area contributed by atoms with Crippen molar-refractivity contribution in [1.82, 2.24) is 5.32 Å². The first kappa shape index (κ1) is 17.8. The van der Waals surface area contributed by atoms with Gasteiger partial charge in [0.15, 0.2) is 0 Å². The van der Waals surface area contributed by atoms with Gasteiger partial charge in [-0.05, 0) is 49.2 Å². The fourth-order valence-corrected chi connectivity index (χ4v) is 3.08. The van der Waals surface area contributed by atoms with Crippen LogP contribution in [0.25, 0.3) is 0 Å². The predicted octanol–water partition coefficient (Wildman–Crippen LogP) is 4.57. The van der Waals surface area contributed by atoms with Crippen LogP contribution in [-0.4, -0.2) is 19.2 Å². The molecule has 0 amide bonds. The maximum Gasteiger partial charge on any atom is 0.119 e. The van der Waals surface area contributed by atoms with Gasteiger partial charge in [-0.15, -0.1) is 12.4 Å². The SMILES string of the molecule is CC(C)(c1ccccc1)c1ccc(OC2CCNCC2)cc1.Cl. The summed E-state index contributed by atoms with van der Waals surface area (Å²) in [5.41, 5.74) is 2.66. The summed E-state index contributed by atoms with van der Waals surface area (Å²) in [7, 11) is 0. The Bertz CT molecular complexity index is 589. The van der Waals surface area contributed by atoms with E-state index in [-0.39, 0.29) is 17.8 Å². The lowest BCUT2D eigenvalue weighted by Gasteiger charge is -2.27. The van der Waals surface area contributed by atoms with Crippen molar-refractivity contribution in [2.75, 3.05) is 13.1 Å². The molecule has 0 atom stereocenters. The first-order chi connectivity index (χ1) is 10.7. The van der Waals surface area contributed by atoms with Crippen molar-refractivity contribution < 1.29 is 4.74 Å². The third-order valence-electron chi connectivity index (χ3n) is 4.66. The van der Waals surface area contributed by atoms with Gasteiger partial charge in [0.25, 0.3) is 0 Å². The van der Waals surface area contributed by atoms with E-state index in [0.717, 1.165) is 31.7 Å². The van der Waals surface area contributed by atoms with Crippen molar-refractivity contribution in [3.8, 4) is 5.75 Å². The second kappa shape index (κ2) is 7.85. The Hall–Kier alpha value is -1.51. The molecule has 1 aliphatic rings. The number of benzene rings is 2. The van der Waals surface area contributed by atoms with Crippen LogP contribution in [0.1, 0.15) is 37.8 Å². The van der Waals surface area contributed by atoms with Crippen molar-refractivity contribution in [3.05, 3.63) is 65.7 Å². The van der Waals surface area contributed by atoms with E-state index in [1.165, 1.54) is 11.1 Å². The molecule has 1 saturated heterocycles. The van der Waals surface area contributed by atoms with Gasteiger partial charge in [0.2, 0.25) is 0 Å². The molecular weight excluding hydrogens is 306 g/mol. The van der Waals surface area contributed by atoms with Crippen molar-refractivity contribution in [2.45, 2.75) is 38.2 Å². The number of hydrogen-bond donors (Lipinski definition) is 1. The summed E-state index contributed by atoms with van der Waals surface area (Å²) in [6, 6.07) is 19.3. The van der Waals surface area contributed by atoms with Crippen LogP contribution >= 0.6 is 12.4 Å². The molecule has 0 unspecified atom stereocenters. The van der Waals surface area contributed by atoms with Crippen molar-refractivity contribution in [1.29, 1.82) is 0 Å². The average Bonchev–Trinajstić information content (AvgIpc) is 2.57. The van der Waals surface area contributed by atoms with Crippen LogP contribution in [0.3, 0.4) is 0 Å². The lowest BCUT2D eigenvalue weighted by Crippen LogP contribution is -2.34. The van der Waals surface area contributed by atoms with Gasteiger partial charge >= 0.3 is 0 Å². The molecule has 2 aromatic carbocycles. The summed E-state index contributed by atoms with van der Waals surface area (Å²) in [5.74, 6) is 0.986. The van der Waals surface area contributed by atoms with Crippen LogP contribution in [0.2, 0.25) is 0 Å². The van der Waals surface area contributed by atoms with E-state index in [9.17, 15) is 0 Å². The number of piperidine rings is 1. The molecule has 2 nitrogen and oxygen atoms in total. The third-order valence-corrected chi connectivity index (χ3v) is 4.66. The van der Waals surface area contributed by atoms with Gasteiger partial charge in [0.05, 0.1) is 0 Å².